The smallest absolute Gasteiger partial charge is 0.0785 e. The number of nitrogens with one attached hydrogen (secondary N) is 1. The zero-order valence-corrected chi connectivity index (χ0v) is 9.03. The lowest BCUT2D eigenvalue weighted by Gasteiger charge is -2.17. The minimum absolute atomic E-state index is 0.301. The van der Waals surface area contributed by atoms with Gasteiger partial charge in [-0.05, 0) is 26.3 Å². The third-order valence-electron chi connectivity index (χ3n) is 2.62. The minimum atomic E-state index is -0.356. The van der Waals surface area contributed by atoms with Crippen LogP contribution >= 0.6 is 0 Å². The number of aliphatic hydroxyl groups is 1. The van der Waals surface area contributed by atoms with Gasteiger partial charge in [0.1, 0.15) is 0 Å². The lowest BCUT2D eigenvalue weighted by atomic mass is 10.1. The molecule has 0 radical (unpaired) electrons. The first-order chi connectivity index (χ1) is 6.74. The van der Waals surface area contributed by atoms with E-state index < -0.39 is 0 Å². The Balaban J connectivity index is 2.03. The molecule has 2 N–H and O–H groups in total. The molecule has 0 aromatic rings. The third-order valence-corrected chi connectivity index (χ3v) is 2.62. The molecule has 14 heavy (non-hydrogen) atoms. The Morgan fingerprint density at radius 3 is 3.00 bits per heavy atom. The molecular formula is C10H21NO3. The van der Waals surface area contributed by atoms with Gasteiger partial charge in [-0.1, -0.05) is 0 Å². The van der Waals surface area contributed by atoms with Crippen molar-refractivity contribution in [1.29, 1.82) is 0 Å². The minimum Gasteiger partial charge on any atom is -0.391 e. The van der Waals surface area contributed by atoms with E-state index in [4.69, 9.17) is 9.47 Å². The standard InChI is InChI=1S/C10H21NO3/c1-8-10(4-6-14-8)11-5-3-9(12)7-13-2/h8-12H,3-7H2,1-2H3. The van der Waals surface area contributed by atoms with Crippen LogP contribution in [0.2, 0.25) is 0 Å². The summed E-state index contributed by atoms with van der Waals surface area (Å²) in [6.07, 6.45) is 1.75. The van der Waals surface area contributed by atoms with E-state index in [1.54, 1.807) is 7.11 Å². The van der Waals surface area contributed by atoms with Crippen LogP contribution in [0.25, 0.3) is 0 Å². The summed E-state index contributed by atoms with van der Waals surface area (Å²) in [4.78, 5) is 0. The molecule has 0 amide bonds. The molecule has 4 nitrogen and oxygen atoms in total. The summed E-state index contributed by atoms with van der Waals surface area (Å²) in [7, 11) is 1.60. The van der Waals surface area contributed by atoms with Crippen LogP contribution in [0.4, 0.5) is 0 Å². The van der Waals surface area contributed by atoms with Gasteiger partial charge < -0.3 is 19.9 Å². The first-order valence-corrected chi connectivity index (χ1v) is 5.26. The normalized spacial score (nSPS) is 29.4. The molecule has 4 heteroatoms. The predicted molar refractivity (Wildman–Crippen MR) is 54.3 cm³/mol. The van der Waals surface area contributed by atoms with E-state index in [0.717, 1.165) is 26.0 Å². The number of hydrogen-bond donors (Lipinski definition) is 2. The maximum atomic E-state index is 9.39. The van der Waals surface area contributed by atoms with Crippen molar-refractivity contribution in [3.8, 4) is 0 Å². The van der Waals surface area contributed by atoms with Crippen molar-refractivity contribution < 1.29 is 14.6 Å². The number of ether oxygens (including phenoxy) is 2. The van der Waals surface area contributed by atoms with Crippen LogP contribution in [0, 0.1) is 0 Å². The largest absolute Gasteiger partial charge is 0.391 e. The molecule has 1 heterocycles. The second-order valence-electron chi connectivity index (χ2n) is 3.82. The van der Waals surface area contributed by atoms with Gasteiger partial charge in [0.05, 0.1) is 18.8 Å². The molecule has 1 fully saturated rings. The maximum Gasteiger partial charge on any atom is 0.0785 e. The van der Waals surface area contributed by atoms with Gasteiger partial charge in [0.25, 0.3) is 0 Å². The zero-order chi connectivity index (χ0) is 10.4. The Morgan fingerprint density at radius 2 is 2.43 bits per heavy atom. The van der Waals surface area contributed by atoms with Gasteiger partial charge in [0, 0.05) is 19.8 Å². The van der Waals surface area contributed by atoms with Crippen molar-refractivity contribution >= 4 is 0 Å². The van der Waals surface area contributed by atoms with Crippen LogP contribution in [0.5, 0.6) is 0 Å². The quantitative estimate of drug-likeness (QED) is 0.645. The molecule has 0 aliphatic carbocycles. The molecule has 3 unspecified atom stereocenters. The molecule has 1 aliphatic heterocycles. The Kier molecular flexibility index (Phi) is 5.40. The number of methoxy groups -OCH3 is 1. The Bertz CT molecular complexity index is 154. The van der Waals surface area contributed by atoms with Crippen molar-refractivity contribution in [2.24, 2.45) is 0 Å². The highest BCUT2D eigenvalue weighted by molar-refractivity contribution is 4.79. The van der Waals surface area contributed by atoms with E-state index in [1.165, 1.54) is 0 Å². The SMILES string of the molecule is COCC(O)CCNC1CCOC1C. The highest BCUT2D eigenvalue weighted by Gasteiger charge is 2.23. The van der Waals surface area contributed by atoms with Gasteiger partial charge in [0.2, 0.25) is 0 Å². The fourth-order valence-corrected chi connectivity index (χ4v) is 1.71. The first-order valence-electron chi connectivity index (χ1n) is 5.26. The van der Waals surface area contributed by atoms with E-state index in [0.29, 0.717) is 18.8 Å². The van der Waals surface area contributed by atoms with Crippen molar-refractivity contribution in [2.75, 3.05) is 26.9 Å². The van der Waals surface area contributed by atoms with Crippen molar-refractivity contribution in [2.45, 2.75) is 38.0 Å². The van der Waals surface area contributed by atoms with Crippen molar-refractivity contribution in [3.63, 3.8) is 0 Å². The molecule has 0 aromatic carbocycles. The van der Waals surface area contributed by atoms with E-state index in [-0.39, 0.29) is 6.10 Å². The molecule has 0 aromatic heterocycles. The predicted octanol–water partition coefficient (Wildman–Crippen LogP) is 0.151. The van der Waals surface area contributed by atoms with Crippen LogP contribution in [0.15, 0.2) is 0 Å². The Hall–Kier alpha value is -0.160. The fourth-order valence-electron chi connectivity index (χ4n) is 1.71. The molecule has 1 saturated heterocycles. The molecule has 3 atom stereocenters. The molecular weight excluding hydrogens is 182 g/mol. The maximum absolute atomic E-state index is 9.39. The molecule has 1 rings (SSSR count). The van der Waals surface area contributed by atoms with Crippen LogP contribution in [-0.4, -0.2) is 50.2 Å². The van der Waals surface area contributed by atoms with E-state index in [9.17, 15) is 5.11 Å². The van der Waals surface area contributed by atoms with E-state index in [2.05, 4.69) is 12.2 Å². The van der Waals surface area contributed by atoms with Crippen molar-refractivity contribution in [3.05, 3.63) is 0 Å². The highest BCUT2D eigenvalue weighted by atomic mass is 16.5. The lowest BCUT2D eigenvalue weighted by molar-refractivity contribution is 0.0578. The Labute approximate surface area is 85.6 Å². The van der Waals surface area contributed by atoms with Crippen LogP contribution in [-0.2, 0) is 9.47 Å². The summed E-state index contributed by atoms with van der Waals surface area (Å²) in [5.41, 5.74) is 0. The summed E-state index contributed by atoms with van der Waals surface area (Å²) >= 11 is 0. The summed E-state index contributed by atoms with van der Waals surface area (Å²) in [5.74, 6) is 0. The topological polar surface area (TPSA) is 50.7 Å². The van der Waals surface area contributed by atoms with E-state index >= 15 is 0 Å². The molecule has 0 spiro atoms. The number of rotatable bonds is 6. The summed E-state index contributed by atoms with van der Waals surface area (Å²) in [6.45, 7) is 4.16. The molecule has 1 aliphatic rings. The van der Waals surface area contributed by atoms with Gasteiger partial charge in [-0.3, -0.25) is 0 Å². The van der Waals surface area contributed by atoms with Gasteiger partial charge in [0.15, 0.2) is 0 Å². The Morgan fingerprint density at radius 1 is 1.64 bits per heavy atom. The van der Waals surface area contributed by atoms with E-state index in [1.807, 2.05) is 0 Å². The lowest BCUT2D eigenvalue weighted by Crippen LogP contribution is -2.36. The average Bonchev–Trinajstić information content (AvgIpc) is 2.52. The van der Waals surface area contributed by atoms with Crippen LogP contribution in [0.1, 0.15) is 19.8 Å². The van der Waals surface area contributed by atoms with Gasteiger partial charge in [-0.25, -0.2) is 0 Å². The van der Waals surface area contributed by atoms with Gasteiger partial charge in [-0.15, -0.1) is 0 Å². The first kappa shape index (κ1) is 11.9. The monoisotopic (exact) mass is 203 g/mol. The number of hydrogen-bond acceptors (Lipinski definition) is 4. The van der Waals surface area contributed by atoms with Gasteiger partial charge in [-0.2, -0.15) is 0 Å². The number of aliphatic hydroxyl groups excluding tert-OH is 1. The second kappa shape index (κ2) is 6.35. The summed E-state index contributed by atoms with van der Waals surface area (Å²) < 4.78 is 10.3. The molecule has 0 saturated carbocycles. The summed E-state index contributed by atoms with van der Waals surface area (Å²) in [5, 5.41) is 12.8. The van der Waals surface area contributed by atoms with Crippen LogP contribution in [0.3, 0.4) is 0 Å². The fraction of sp³-hybridized carbons (Fsp3) is 1.00. The zero-order valence-electron chi connectivity index (χ0n) is 9.03. The summed E-state index contributed by atoms with van der Waals surface area (Å²) in [6, 6.07) is 0.449. The van der Waals surface area contributed by atoms with Gasteiger partial charge >= 0.3 is 0 Å². The third kappa shape index (κ3) is 3.92. The van der Waals surface area contributed by atoms with Crippen LogP contribution < -0.4 is 5.32 Å². The average molecular weight is 203 g/mol. The highest BCUT2D eigenvalue weighted by Crippen LogP contribution is 2.12. The van der Waals surface area contributed by atoms with Crippen molar-refractivity contribution in [1.82, 2.24) is 5.32 Å². The molecule has 84 valence electrons. The second-order valence-corrected chi connectivity index (χ2v) is 3.82. The molecule has 0 bridgehead atoms.